The molecule has 0 spiro atoms. The van der Waals surface area contributed by atoms with Crippen molar-refractivity contribution < 1.29 is 0 Å². The summed E-state index contributed by atoms with van der Waals surface area (Å²) in [5.41, 5.74) is 3.31. The van der Waals surface area contributed by atoms with Crippen LogP contribution in [0.4, 0.5) is 0 Å². The van der Waals surface area contributed by atoms with Gasteiger partial charge in [0.05, 0.1) is 5.52 Å². The number of rotatable bonds is 2. The van der Waals surface area contributed by atoms with Gasteiger partial charge in [-0.2, -0.15) is 0 Å². The first-order chi connectivity index (χ1) is 7.75. The van der Waals surface area contributed by atoms with Crippen molar-refractivity contribution in [2.24, 2.45) is 5.92 Å². The lowest BCUT2D eigenvalue weighted by atomic mass is 9.85. The van der Waals surface area contributed by atoms with Crippen LogP contribution in [0.3, 0.4) is 0 Å². The Hall–Kier alpha value is -1.16. The van der Waals surface area contributed by atoms with Gasteiger partial charge in [-0.05, 0) is 49.5 Å². The highest BCUT2D eigenvalue weighted by Crippen LogP contribution is 2.29. The second-order valence-corrected chi connectivity index (χ2v) is 5.05. The molecule has 0 unspecified atom stereocenters. The summed E-state index contributed by atoms with van der Waals surface area (Å²) in [7, 11) is 0. The van der Waals surface area contributed by atoms with Gasteiger partial charge in [-0.15, -0.1) is 0 Å². The quantitative estimate of drug-likeness (QED) is 0.808. The minimum atomic E-state index is 0.799. The summed E-state index contributed by atoms with van der Waals surface area (Å²) in [5.74, 6) is 0.799. The van der Waals surface area contributed by atoms with Gasteiger partial charge in [0.1, 0.15) is 0 Å². The molecule has 0 saturated heterocycles. The summed E-state index contributed by atoms with van der Waals surface area (Å²) < 4.78 is 2.96. The maximum absolute atomic E-state index is 5.37. The van der Waals surface area contributed by atoms with Crippen LogP contribution in [-0.4, -0.2) is 14.5 Å². The average Bonchev–Trinajstić information content (AvgIpc) is 2.51. The molecule has 0 aromatic carbocycles. The van der Waals surface area contributed by atoms with Crippen molar-refractivity contribution >= 4 is 23.4 Å². The number of pyridine rings is 1. The van der Waals surface area contributed by atoms with E-state index in [-0.39, 0.29) is 0 Å². The number of hydrogen-bond acceptors (Lipinski definition) is 2. The third-order valence-electron chi connectivity index (χ3n) is 3.54. The van der Waals surface area contributed by atoms with Crippen molar-refractivity contribution in [2.75, 3.05) is 0 Å². The van der Waals surface area contributed by atoms with E-state index in [1.54, 1.807) is 0 Å². The van der Waals surface area contributed by atoms with Crippen LogP contribution in [0.5, 0.6) is 0 Å². The van der Waals surface area contributed by atoms with Crippen LogP contribution in [0.15, 0.2) is 12.3 Å². The molecule has 2 aromatic heterocycles. The van der Waals surface area contributed by atoms with Gasteiger partial charge in [-0.3, -0.25) is 0 Å². The smallest absolute Gasteiger partial charge is 0.179 e. The van der Waals surface area contributed by atoms with Gasteiger partial charge < -0.3 is 9.55 Å². The highest BCUT2D eigenvalue weighted by Gasteiger charge is 2.19. The number of aromatic amines is 1. The number of aryl methyl sites for hydroxylation is 1. The highest BCUT2D eigenvalue weighted by atomic mass is 32.1. The molecule has 1 N–H and O–H groups in total. The molecule has 3 nitrogen and oxygen atoms in total. The number of imidazole rings is 1. The van der Waals surface area contributed by atoms with E-state index >= 15 is 0 Å². The Morgan fingerprint density at radius 3 is 3.06 bits per heavy atom. The molecule has 1 fully saturated rings. The zero-order chi connectivity index (χ0) is 11.1. The fraction of sp³-hybridized carbons (Fsp3) is 0.500. The van der Waals surface area contributed by atoms with Crippen LogP contribution >= 0.6 is 12.2 Å². The molecule has 1 saturated carbocycles. The van der Waals surface area contributed by atoms with E-state index in [1.807, 2.05) is 12.3 Å². The molecule has 0 aliphatic heterocycles. The van der Waals surface area contributed by atoms with E-state index in [1.165, 1.54) is 24.8 Å². The third kappa shape index (κ3) is 1.48. The van der Waals surface area contributed by atoms with Crippen LogP contribution in [0, 0.1) is 17.6 Å². The molecule has 1 aliphatic carbocycles. The summed E-state index contributed by atoms with van der Waals surface area (Å²) in [4.78, 5) is 7.70. The van der Waals surface area contributed by atoms with Crippen molar-refractivity contribution in [3.05, 3.63) is 22.6 Å². The Kier molecular flexibility index (Phi) is 2.32. The standard InChI is InChI=1S/C12H15N3S/c1-8-5-6-13-11-10(8)14-12(16)15(11)7-9-3-2-4-9/h5-6,9H,2-4,7H2,1H3,(H,14,16). The molecule has 0 radical (unpaired) electrons. The van der Waals surface area contributed by atoms with Gasteiger partial charge in [0.25, 0.3) is 0 Å². The Bertz CT molecular complexity index is 577. The maximum Gasteiger partial charge on any atom is 0.179 e. The van der Waals surface area contributed by atoms with Gasteiger partial charge in [0.2, 0.25) is 0 Å². The Morgan fingerprint density at radius 1 is 1.56 bits per heavy atom. The Balaban J connectivity index is 2.11. The number of H-pyrrole nitrogens is 1. The first kappa shape index (κ1) is 10.0. The molecule has 1 aliphatic rings. The summed E-state index contributed by atoms with van der Waals surface area (Å²) in [5, 5.41) is 0. The van der Waals surface area contributed by atoms with Crippen LogP contribution in [0.25, 0.3) is 11.2 Å². The summed E-state index contributed by atoms with van der Waals surface area (Å²) >= 11 is 5.37. The van der Waals surface area contributed by atoms with Crippen LogP contribution in [0.2, 0.25) is 0 Å². The number of nitrogens with one attached hydrogen (secondary N) is 1. The molecule has 0 atom stereocenters. The molecule has 0 bridgehead atoms. The van der Waals surface area contributed by atoms with Gasteiger partial charge in [0.15, 0.2) is 10.4 Å². The van der Waals surface area contributed by atoms with Crippen LogP contribution < -0.4 is 0 Å². The predicted molar refractivity (Wildman–Crippen MR) is 67.0 cm³/mol. The first-order valence-corrected chi connectivity index (χ1v) is 6.20. The summed E-state index contributed by atoms with van der Waals surface area (Å²) in [6.07, 6.45) is 5.89. The normalized spacial score (nSPS) is 16.6. The maximum atomic E-state index is 5.37. The molecule has 0 amide bonds. The van der Waals surface area contributed by atoms with E-state index in [9.17, 15) is 0 Å². The number of fused-ring (bicyclic) bond motifs is 1. The molecule has 2 aromatic rings. The lowest BCUT2D eigenvalue weighted by Crippen LogP contribution is -2.18. The average molecular weight is 233 g/mol. The molecular formula is C12H15N3S. The fourth-order valence-corrected chi connectivity index (χ4v) is 2.54. The second kappa shape index (κ2) is 3.70. The van der Waals surface area contributed by atoms with E-state index < -0.39 is 0 Å². The largest absolute Gasteiger partial charge is 0.329 e. The SMILES string of the molecule is Cc1ccnc2c1[nH]c(=S)n2CC1CCC1. The van der Waals surface area contributed by atoms with E-state index in [4.69, 9.17) is 12.2 Å². The van der Waals surface area contributed by atoms with Crippen molar-refractivity contribution in [1.82, 2.24) is 14.5 Å². The van der Waals surface area contributed by atoms with Crippen LogP contribution in [-0.2, 0) is 6.54 Å². The van der Waals surface area contributed by atoms with Gasteiger partial charge >= 0.3 is 0 Å². The topological polar surface area (TPSA) is 33.6 Å². The lowest BCUT2D eigenvalue weighted by molar-refractivity contribution is 0.278. The van der Waals surface area contributed by atoms with Gasteiger partial charge in [-0.25, -0.2) is 4.98 Å². The molecule has 16 heavy (non-hydrogen) atoms. The summed E-state index contributed by atoms with van der Waals surface area (Å²) in [6.45, 7) is 3.11. The van der Waals surface area contributed by atoms with E-state index in [2.05, 4.69) is 21.5 Å². The number of aromatic nitrogens is 3. The number of nitrogens with zero attached hydrogens (tertiary/aromatic N) is 2. The van der Waals surface area contributed by atoms with Crippen molar-refractivity contribution in [3.63, 3.8) is 0 Å². The van der Waals surface area contributed by atoms with Gasteiger partial charge in [-0.1, -0.05) is 6.42 Å². The fourth-order valence-electron chi connectivity index (χ4n) is 2.28. The third-order valence-corrected chi connectivity index (χ3v) is 3.86. The molecular weight excluding hydrogens is 218 g/mol. The highest BCUT2D eigenvalue weighted by molar-refractivity contribution is 7.71. The van der Waals surface area contributed by atoms with Crippen molar-refractivity contribution in [1.29, 1.82) is 0 Å². The molecule has 3 rings (SSSR count). The zero-order valence-corrected chi connectivity index (χ0v) is 10.2. The van der Waals surface area contributed by atoms with Gasteiger partial charge in [0, 0.05) is 12.7 Å². The van der Waals surface area contributed by atoms with E-state index in [0.717, 1.165) is 28.4 Å². The van der Waals surface area contributed by atoms with Crippen molar-refractivity contribution in [3.8, 4) is 0 Å². The molecule has 84 valence electrons. The molecule has 4 heteroatoms. The Labute approximate surface area is 99.5 Å². The minimum absolute atomic E-state index is 0.799. The number of hydrogen-bond donors (Lipinski definition) is 1. The first-order valence-electron chi connectivity index (χ1n) is 5.80. The minimum Gasteiger partial charge on any atom is -0.329 e. The second-order valence-electron chi connectivity index (χ2n) is 4.66. The zero-order valence-electron chi connectivity index (χ0n) is 9.36. The van der Waals surface area contributed by atoms with Crippen LogP contribution in [0.1, 0.15) is 24.8 Å². The van der Waals surface area contributed by atoms with Crippen molar-refractivity contribution in [2.45, 2.75) is 32.7 Å². The summed E-state index contributed by atoms with van der Waals surface area (Å²) in [6, 6.07) is 2.02. The Morgan fingerprint density at radius 2 is 2.38 bits per heavy atom. The molecule has 2 heterocycles. The lowest BCUT2D eigenvalue weighted by Gasteiger charge is -2.25. The predicted octanol–water partition coefficient (Wildman–Crippen LogP) is 3.20. The van der Waals surface area contributed by atoms with E-state index in [0.29, 0.717) is 0 Å². The monoisotopic (exact) mass is 233 g/mol.